The van der Waals surface area contributed by atoms with E-state index in [1.54, 1.807) is 0 Å². The molecule has 0 aromatic rings. The number of rotatable bonds is 5. The van der Waals surface area contributed by atoms with Crippen LogP contribution in [0.2, 0.25) is 0 Å². The molecule has 3 N–H and O–H groups in total. The molecule has 3 aliphatic carbocycles. The molecule has 3 saturated carbocycles. The van der Waals surface area contributed by atoms with Crippen LogP contribution in [0.1, 0.15) is 45.4 Å². The summed E-state index contributed by atoms with van der Waals surface area (Å²) in [5, 5.41) is 3.20. The van der Waals surface area contributed by atoms with Crippen molar-refractivity contribution in [2.45, 2.75) is 57.5 Å². The molecule has 96 valence electrons. The summed E-state index contributed by atoms with van der Waals surface area (Å²) in [4.78, 5) is 11.9. The molecule has 5 unspecified atom stereocenters. The molecule has 3 fully saturated rings. The van der Waals surface area contributed by atoms with E-state index in [9.17, 15) is 4.79 Å². The zero-order chi connectivity index (χ0) is 12.0. The van der Waals surface area contributed by atoms with E-state index < -0.39 is 0 Å². The molecule has 17 heavy (non-hydrogen) atoms. The zero-order valence-corrected chi connectivity index (χ0v) is 10.7. The van der Waals surface area contributed by atoms with Crippen LogP contribution in [0.15, 0.2) is 0 Å². The first-order chi connectivity index (χ1) is 8.22. The molecule has 0 radical (unpaired) electrons. The summed E-state index contributed by atoms with van der Waals surface area (Å²) in [5.41, 5.74) is 5.90. The Morgan fingerprint density at radius 3 is 2.59 bits per heavy atom. The lowest BCUT2D eigenvalue weighted by Crippen LogP contribution is -2.43. The van der Waals surface area contributed by atoms with Crippen LogP contribution >= 0.6 is 0 Å². The summed E-state index contributed by atoms with van der Waals surface area (Å²) in [5.74, 6) is 3.56. The summed E-state index contributed by atoms with van der Waals surface area (Å²) < 4.78 is 0. The van der Waals surface area contributed by atoms with E-state index in [0.717, 1.165) is 42.9 Å². The highest BCUT2D eigenvalue weighted by atomic mass is 16.2. The monoisotopic (exact) mass is 236 g/mol. The quantitative estimate of drug-likeness (QED) is 0.763. The van der Waals surface area contributed by atoms with Crippen molar-refractivity contribution < 1.29 is 4.79 Å². The lowest BCUT2D eigenvalue weighted by atomic mass is 10.0. The highest BCUT2D eigenvalue weighted by Gasteiger charge is 2.65. The largest absolute Gasteiger partial charge is 0.351 e. The first kappa shape index (κ1) is 11.5. The average Bonchev–Trinajstić information content (AvgIpc) is 2.75. The molecule has 3 aliphatic rings. The maximum Gasteiger partial charge on any atom is 0.237 e. The lowest BCUT2D eigenvalue weighted by molar-refractivity contribution is -0.122. The minimum Gasteiger partial charge on any atom is -0.351 e. The fourth-order valence-electron chi connectivity index (χ4n) is 4.34. The molecule has 0 aliphatic heterocycles. The maximum atomic E-state index is 11.9. The van der Waals surface area contributed by atoms with E-state index >= 15 is 0 Å². The standard InChI is InChI=1S/C14H24N2O/c1-2-3-4-10(15)14(17)16-13-11-8-5-6-9(7-8)12(11)13/h8-13H,2-7,15H2,1H3,(H,16,17). The SMILES string of the molecule is CCCCC(N)C(=O)NC1C2C3CCC(C3)C12. The molecule has 0 heterocycles. The lowest BCUT2D eigenvalue weighted by Gasteiger charge is -2.14. The second kappa shape index (κ2) is 4.27. The van der Waals surface area contributed by atoms with Crippen molar-refractivity contribution in [1.82, 2.24) is 5.32 Å². The molecule has 3 rings (SSSR count). The van der Waals surface area contributed by atoms with Crippen molar-refractivity contribution in [1.29, 1.82) is 0 Å². The van der Waals surface area contributed by atoms with Gasteiger partial charge in [-0.1, -0.05) is 19.8 Å². The Kier molecular flexibility index (Phi) is 2.89. The third-order valence-corrected chi connectivity index (χ3v) is 5.25. The smallest absolute Gasteiger partial charge is 0.237 e. The molecule has 3 heteroatoms. The van der Waals surface area contributed by atoms with Gasteiger partial charge < -0.3 is 11.1 Å². The molecule has 2 bridgehead atoms. The van der Waals surface area contributed by atoms with Gasteiger partial charge in [0.1, 0.15) is 0 Å². The average molecular weight is 236 g/mol. The fourth-order valence-corrected chi connectivity index (χ4v) is 4.34. The van der Waals surface area contributed by atoms with Crippen molar-refractivity contribution in [3.63, 3.8) is 0 Å². The first-order valence-corrected chi connectivity index (χ1v) is 7.28. The maximum absolute atomic E-state index is 11.9. The Bertz CT molecular complexity index is 301. The van der Waals surface area contributed by atoms with E-state index in [1.165, 1.54) is 19.3 Å². The molecular weight excluding hydrogens is 212 g/mol. The van der Waals surface area contributed by atoms with Crippen LogP contribution in [0.25, 0.3) is 0 Å². The van der Waals surface area contributed by atoms with E-state index in [4.69, 9.17) is 5.73 Å². The Morgan fingerprint density at radius 2 is 2.00 bits per heavy atom. The van der Waals surface area contributed by atoms with Gasteiger partial charge in [0.05, 0.1) is 6.04 Å². The van der Waals surface area contributed by atoms with Gasteiger partial charge in [-0.2, -0.15) is 0 Å². The van der Waals surface area contributed by atoms with Crippen molar-refractivity contribution in [2.75, 3.05) is 0 Å². The van der Waals surface area contributed by atoms with Gasteiger partial charge in [-0.05, 0) is 49.4 Å². The Labute approximate surface area is 104 Å². The van der Waals surface area contributed by atoms with Gasteiger partial charge in [0.2, 0.25) is 5.91 Å². The predicted molar refractivity (Wildman–Crippen MR) is 67.2 cm³/mol. The third-order valence-electron chi connectivity index (χ3n) is 5.25. The van der Waals surface area contributed by atoms with E-state index in [-0.39, 0.29) is 11.9 Å². The van der Waals surface area contributed by atoms with Crippen molar-refractivity contribution in [3.05, 3.63) is 0 Å². The van der Waals surface area contributed by atoms with Crippen molar-refractivity contribution in [2.24, 2.45) is 29.4 Å². The minimum absolute atomic E-state index is 0.0947. The first-order valence-electron chi connectivity index (χ1n) is 7.28. The van der Waals surface area contributed by atoms with Crippen molar-refractivity contribution in [3.8, 4) is 0 Å². The highest BCUT2D eigenvalue weighted by molar-refractivity contribution is 5.82. The second-order valence-electron chi connectivity index (χ2n) is 6.27. The number of hydrogen-bond acceptors (Lipinski definition) is 2. The van der Waals surface area contributed by atoms with Gasteiger partial charge in [-0.25, -0.2) is 0 Å². The minimum atomic E-state index is -0.283. The van der Waals surface area contributed by atoms with E-state index in [0.29, 0.717) is 6.04 Å². The molecule has 0 aromatic heterocycles. The number of unbranched alkanes of at least 4 members (excludes halogenated alkanes) is 1. The van der Waals surface area contributed by atoms with Crippen LogP contribution in [0.5, 0.6) is 0 Å². The number of carbonyl (C=O) groups is 1. The van der Waals surface area contributed by atoms with Crippen LogP contribution in [-0.4, -0.2) is 18.0 Å². The number of carbonyl (C=O) groups excluding carboxylic acids is 1. The summed E-state index contributed by atoms with van der Waals surface area (Å²) >= 11 is 0. The number of amides is 1. The normalized spacial score (nSPS) is 43.3. The summed E-state index contributed by atoms with van der Waals surface area (Å²) in [6.45, 7) is 2.13. The van der Waals surface area contributed by atoms with Gasteiger partial charge in [-0.3, -0.25) is 4.79 Å². The Balaban J connectivity index is 1.48. The molecule has 0 aromatic carbocycles. The van der Waals surface area contributed by atoms with Crippen LogP contribution in [0, 0.1) is 23.7 Å². The Hall–Kier alpha value is -0.570. The molecule has 1 amide bonds. The number of fused-ring (bicyclic) bond motifs is 5. The summed E-state index contributed by atoms with van der Waals surface area (Å²) in [6, 6.07) is 0.204. The number of hydrogen-bond donors (Lipinski definition) is 2. The molecule has 0 saturated heterocycles. The highest BCUT2D eigenvalue weighted by Crippen LogP contribution is 2.65. The van der Waals surface area contributed by atoms with Crippen LogP contribution in [0.3, 0.4) is 0 Å². The zero-order valence-electron chi connectivity index (χ0n) is 10.7. The Morgan fingerprint density at radius 1 is 1.35 bits per heavy atom. The van der Waals surface area contributed by atoms with Crippen LogP contribution in [0.4, 0.5) is 0 Å². The molecular formula is C14H24N2O. The number of nitrogens with two attached hydrogens (primary N) is 1. The molecule has 5 atom stereocenters. The van der Waals surface area contributed by atoms with E-state index in [1.807, 2.05) is 0 Å². The van der Waals surface area contributed by atoms with Gasteiger partial charge in [0.15, 0.2) is 0 Å². The van der Waals surface area contributed by atoms with Crippen LogP contribution in [-0.2, 0) is 4.79 Å². The summed E-state index contributed by atoms with van der Waals surface area (Å²) in [6.07, 6.45) is 7.23. The topological polar surface area (TPSA) is 55.1 Å². The molecule has 3 nitrogen and oxygen atoms in total. The van der Waals surface area contributed by atoms with Crippen LogP contribution < -0.4 is 11.1 Å². The van der Waals surface area contributed by atoms with Gasteiger partial charge in [-0.15, -0.1) is 0 Å². The molecule has 0 spiro atoms. The van der Waals surface area contributed by atoms with Crippen molar-refractivity contribution >= 4 is 5.91 Å². The second-order valence-corrected chi connectivity index (χ2v) is 6.27. The van der Waals surface area contributed by atoms with Gasteiger partial charge in [0, 0.05) is 6.04 Å². The summed E-state index contributed by atoms with van der Waals surface area (Å²) in [7, 11) is 0. The fraction of sp³-hybridized carbons (Fsp3) is 0.929. The number of nitrogens with one attached hydrogen (secondary N) is 1. The van der Waals surface area contributed by atoms with Gasteiger partial charge >= 0.3 is 0 Å². The predicted octanol–water partition coefficient (Wildman–Crippen LogP) is 1.66. The van der Waals surface area contributed by atoms with E-state index in [2.05, 4.69) is 12.2 Å². The third kappa shape index (κ3) is 1.88. The van der Waals surface area contributed by atoms with Gasteiger partial charge in [0.25, 0.3) is 0 Å².